The lowest BCUT2D eigenvalue weighted by Crippen LogP contribution is -2.01. The molecule has 1 N–H and O–H groups in total. The molecule has 0 spiro atoms. The van der Waals surface area contributed by atoms with Gasteiger partial charge in [-0.05, 0) is 29.8 Å². The summed E-state index contributed by atoms with van der Waals surface area (Å²) >= 11 is 7.33. The quantitative estimate of drug-likeness (QED) is 0.869. The number of aliphatic hydroxyl groups is 1. The lowest BCUT2D eigenvalue weighted by Gasteiger charge is -2.10. The normalized spacial score (nSPS) is 12.4. The summed E-state index contributed by atoms with van der Waals surface area (Å²) in [6.07, 6.45) is 0.979. The van der Waals surface area contributed by atoms with Crippen LogP contribution in [0.1, 0.15) is 11.7 Å². The van der Waals surface area contributed by atoms with Crippen LogP contribution < -0.4 is 0 Å². The van der Waals surface area contributed by atoms with E-state index in [9.17, 15) is 9.50 Å². The van der Waals surface area contributed by atoms with E-state index in [1.165, 1.54) is 23.9 Å². The highest BCUT2D eigenvalue weighted by atomic mass is 35.5. The Kier molecular flexibility index (Phi) is 4.58. The maximum atomic E-state index is 12.7. The van der Waals surface area contributed by atoms with Crippen LogP contribution in [0.2, 0.25) is 5.02 Å². The van der Waals surface area contributed by atoms with Gasteiger partial charge in [0.05, 0.1) is 11.1 Å². The summed E-state index contributed by atoms with van der Waals surface area (Å²) in [6, 6.07) is 9.30. The van der Waals surface area contributed by atoms with Crippen molar-refractivity contribution < 1.29 is 9.50 Å². The van der Waals surface area contributed by atoms with E-state index in [1.54, 1.807) is 30.5 Å². The molecular formula is C13H11ClFNOS. The van der Waals surface area contributed by atoms with Crippen molar-refractivity contribution in [2.45, 2.75) is 11.1 Å². The third-order valence-electron chi connectivity index (χ3n) is 2.36. The van der Waals surface area contributed by atoms with Crippen molar-refractivity contribution in [1.29, 1.82) is 0 Å². The van der Waals surface area contributed by atoms with E-state index in [-0.39, 0.29) is 5.82 Å². The molecule has 0 fully saturated rings. The maximum Gasteiger partial charge on any atom is 0.123 e. The molecule has 0 aliphatic carbocycles. The number of hydrogen-bond acceptors (Lipinski definition) is 3. The van der Waals surface area contributed by atoms with Crippen molar-refractivity contribution in [2.75, 3.05) is 5.75 Å². The molecule has 0 bridgehead atoms. The number of hydrogen-bond donors (Lipinski definition) is 1. The van der Waals surface area contributed by atoms with Crippen molar-refractivity contribution in [1.82, 2.24) is 4.98 Å². The van der Waals surface area contributed by atoms with Crippen molar-refractivity contribution in [3.63, 3.8) is 0 Å². The van der Waals surface area contributed by atoms with Crippen LogP contribution in [-0.4, -0.2) is 15.8 Å². The first kappa shape index (κ1) is 13.3. The highest BCUT2D eigenvalue weighted by molar-refractivity contribution is 7.99. The molecule has 1 unspecified atom stereocenters. The number of thioether (sulfide) groups is 1. The Morgan fingerprint density at radius 3 is 2.67 bits per heavy atom. The average molecular weight is 284 g/mol. The van der Waals surface area contributed by atoms with Crippen LogP contribution in [0.4, 0.5) is 4.39 Å². The van der Waals surface area contributed by atoms with Crippen LogP contribution in [-0.2, 0) is 0 Å². The molecule has 2 aromatic rings. The lowest BCUT2D eigenvalue weighted by molar-refractivity contribution is 0.204. The summed E-state index contributed by atoms with van der Waals surface area (Å²) < 4.78 is 12.7. The topological polar surface area (TPSA) is 33.1 Å². The predicted molar refractivity (Wildman–Crippen MR) is 71.3 cm³/mol. The highest BCUT2D eigenvalue weighted by Crippen LogP contribution is 2.28. The van der Waals surface area contributed by atoms with Gasteiger partial charge in [0.25, 0.3) is 0 Å². The van der Waals surface area contributed by atoms with Crippen molar-refractivity contribution >= 4 is 23.4 Å². The molecule has 1 atom stereocenters. The Morgan fingerprint density at radius 2 is 2.00 bits per heavy atom. The number of nitrogens with zero attached hydrogens (tertiary/aromatic N) is 1. The highest BCUT2D eigenvalue weighted by Gasteiger charge is 2.10. The van der Waals surface area contributed by atoms with Gasteiger partial charge in [-0.15, -0.1) is 11.8 Å². The van der Waals surface area contributed by atoms with E-state index >= 15 is 0 Å². The molecule has 1 heterocycles. The van der Waals surface area contributed by atoms with Crippen molar-refractivity contribution in [3.8, 4) is 0 Å². The smallest absolute Gasteiger partial charge is 0.123 e. The van der Waals surface area contributed by atoms with Crippen LogP contribution in [0.3, 0.4) is 0 Å². The SMILES string of the molecule is OC(CSc1ncccc1Cl)c1ccc(F)cc1. The van der Waals surface area contributed by atoms with E-state index in [0.717, 1.165) is 0 Å². The molecule has 18 heavy (non-hydrogen) atoms. The molecule has 94 valence electrons. The van der Waals surface area contributed by atoms with E-state index in [4.69, 9.17) is 11.6 Å². The van der Waals surface area contributed by atoms with Crippen LogP contribution >= 0.6 is 23.4 Å². The Hall–Kier alpha value is -1.10. The molecule has 1 aromatic heterocycles. The minimum Gasteiger partial charge on any atom is -0.388 e. The third-order valence-corrected chi connectivity index (χ3v) is 3.86. The van der Waals surface area contributed by atoms with Gasteiger partial charge < -0.3 is 5.11 Å². The summed E-state index contributed by atoms with van der Waals surface area (Å²) in [6.45, 7) is 0. The van der Waals surface area contributed by atoms with Crippen molar-refractivity contribution in [2.24, 2.45) is 0 Å². The Morgan fingerprint density at radius 1 is 1.28 bits per heavy atom. The van der Waals surface area contributed by atoms with Gasteiger partial charge in [0.1, 0.15) is 10.8 Å². The molecular weight excluding hydrogens is 273 g/mol. The summed E-state index contributed by atoms with van der Waals surface area (Å²) in [7, 11) is 0. The van der Waals surface area contributed by atoms with Gasteiger partial charge in [0.15, 0.2) is 0 Å². The first-order chi connectivity index (χ1) is 8.66. The molecule has 0 radical (unpaired) electrons. The Labute approximate surface area is 114 Å². The Bertz CT molecular complexity index is 521. The number of pyridine rings is 1. The Balaban J connectivity index is 1.98. The fraction of sp³-hybridized carbons (Fsp3) is 0.154. The standard InChI is InChI=1S/C13H11ClFNOS/c14-11-2-1-7-16-13(11)18-8-12(17)9-3-5-10(15)6-4-9/h1-7,12,17H,8H2. The minimum absolute atomic E-state index is 0.314. The zero-order valence-electron chi connectivity index (χ0n) is 9.38. The summed E-state index contributed by atoms with van der Waals surface area (Å²) in [5, 5.41) is 11.2. The van der Waals surface area contributed by atoms with E-state index in [0.29, 0.717) is 21.4 Å². The molecule has 0 saturated carbocycles. The summed E-state index contributed by atoms with van der Waals surface area (Å²) in [4.78, 5) is 4.12. The second-order valence-electron chi connectivity index (χ2n) is 3.67. The molecule has 0 saturated heterocycles. The largest absolute Gasteiger partial charge is 0.388 e. The zero-order valence-corrected chi connectivity index (χ0v) is 11.0. The second kappa shape index (κ2) is 6.18. The molecule has 5 heteroatoms. The molecule has 0 aliphatic rings. The molecule has 2 nitrogen and oxygen atoms in total. The second-order valence-corrected chi connectivity index (χ2v) is 5.08. The molecule has 2 rings (SSSR count). The first-order valence-corrected chi connectivity index (χ1v) is 6.70. The third kappa shape index (κ3) is 3.45. The van der Waals surface area contributed by atoms with E-state index < -0.39 is 6.10 Å². The van der Waals surface area contributed by atoms with Crippen LogP contribution in [0.5, 0.6) is 0 Å². The first-order valence-electron chi connectivity index (χ1n) is 5.33. The van der Waals surface area contributed by atoms with Gasteiger partial charge in [0, 0.05) is 11.9 Å². The fourth-order valence-corrected chi connectivity index (χ4v) is 2.55. The van der Waals surface area contributed by atoms with Gasteiger partial charge in [-0.25, -0.2) is 9.37 Å². The van der Waals surface area contributed by atoms with Crippen molar-refractivity contribution in [3.05, 3.63) is 59.0 Å². The average Bonchev–Trinajstić information content (AvgIpc) is 2.38. The van der Waals surface area contributed by atoms with Crippen LogP contribution in [0, 0.1) is 5.82 Å². The fourth-order valence-electron chi connectivity index (χ4n) is 1.42. The van der Waals surface area contributed by atoms with Gasteiger partial charge in [0.2, 0.25) is 0 Å². The number of benzene rings is 1. The number of aliphatic hydroxyl groups excluding tert-OH is 1. The molecule has 0 amide bonds. The van der Waals surface area contributed by atoms with E-state index in [1.807, 2.05) is 0 Å². The summed E-state index contributed by atoms with van der Waals surface area (Å²) in [5.74, 6) is 0.105. The lowest BCUT2D eigenvalue weighted by atomic mass is 10.1. The minimum atomic E-state index is -0.673. The number of halogens is 2. The maximum absolute atomic E-state index is 12.7. The van der Waals surface area contributed by atoms with Gasteiger partial charge in [-0.1, -0.05) is 23.7 Å². The predicted octanol–water partition coefficient (Wildman–Crippen LogP) is 3.70. The van der Waals surface area contributed by atoms with Gasteiger partial charge in [-0.3, -0.25) is 0 Å². The number of aromatic nitrogens is 1. The zero-order chi connectivity index (χ0) is 13.0. The van der Waals surface area contributed by atoms with Crippen LogP contribution in [0.25, 0.3) is 0 Å². The molecule has 0 aliphatic heterocycles. The van der Waals surface area contributed by atoms with Gasteiger partial charge >= 0.3 is 0 Å². The summed E-state index contributed by atoms with van der Waals surface area (Å²) in [5.41, 5.74) is 0.677. The van der Waals surface area contributed by atoms with Gasteiger partial charge in [-0.2, -0.15) is 0 Å². The van der Waals surface area contributed by atoms with Crippen LogP contribution in [0.15, 0.2) is 47.6 Å². The monoisotopic (exact) mass is 283 g/mol. The number of rotatable bonds is 4. The molecule has 1 aromatic carbocycles. The van der Waals surface area contributed by atoms with E-state index in [2.05, 4.69) is 4.98 Å².